The van der Waals surface area contributed by atoms with Gasteiger partial charge in [-0.05, 0) is 31.7 Å². The van der Waals surface area contributed by atoms with Crippen LogP contribution in [0.5, 0.6) is 0 Å². The average molecular weight is 277 g/mol. The van der Waals surface area contributed by atoms with Crippen molar-refractivity contribution < 1.29 is 15.3 Å². The summed E-state index contributed by atoms with van der Waals surface area (Å²) >= 11 is 0. The van der Waals surface area contributed by atoms with Gasteiger partial charge in [-0.2, -0.15) is 0 Å². The Morgan fingerprint density at radius 3 is 2.35 bits per heavy atom. The summed E-state index contributed by atoms with van der Waals surface area (Å²) < 4.78 is 0. The molecule has 110 valence electrons. The molecule has 0 spiro atoms. The van der Waals surface area contributed by atoms with Crippen LogP contribution in [-0.2, 0) is 6.42 Å². The molecular weight excluding hydrogens is 254 g/mol. The molecule has 0 heterocycles. The number of nitrogens with one attached hydrogen (secondary N) is 1. The Morgan fingerprint density at radius 1 is 1.05 bits per heavy atom. The molecule has 0 aliphatic heterocycles. The molecule has 0 aliphatic rings. The lowest BCUT2D eigenvalue weighted by molar-refractivity contribution is -0.0632. The Morgan fingerprint density at radius 2 is 1.70 bits per heavy atom. The van der Waals surface area contributed by atoms with Crippen LogP contribution >= 0.6 is 0 Å². The second-order valence-electron chi connectivity index (χ2n) is 4.74. The predicted octanol–water partition coefficient (Wildman–Crippen LogP) is 0.662. The molecule has 4 heteroatoms. The van der Waals surface area contributed by atoms with Crippen molar-refractivity contribution in [3.8, 4) is 12.0 Å². The highest BCUT2D eigenvalue weighted by Crippen LogP contribution is 2.11. The summed E-state index contributed by atoms with van der Waals surface area (Å²) in [4.78, 5) is 0. The van der Waals surface area contributed by atoms with Crippen LogP contribution < -0.4 is 5.32 Å². The zero-order chi connectivity index (χ0) is 14.8. The molecule has 0 saturated heterocycles. The van der Waals surface area contributed by atoms with Crippen LogP contribution in [0.3, 0.4) is 0 Å². The molecule has 1 rings (SSSR count). The van der Waals surface area contributed by atoms with E-state index < -0.39 is 18.3 Å². The molecule has 1 aromatic rings. The molecule has 0 bridgehead atoms. The molecule has 0 radical (unpaired) electrons. The molecule has 1 aromatic carbocycles. The maximum absolute atomic E-state index is 9.89. The predicted molar refractivity (Wildman–Crippen MR) is 78.9 cm³/mol. The molecular formula is C16H23NO3. The van der Waals surface area contributed by atoms with E-state index in [2.05, 4.69) is 17.3 Å². The zero-order valence-corrected chi connectivity index (χ0v) is 11.8. The van der Waals surface area contributed by atoms with Crippen LogP contribution in [0, 0.1) is 12.0 Å². The van der Waals surface area contributed by atoms with Crippen molar-refractivity contribution in [1.82, 2.24) is 5.32 Å². The Balaban J connectivity index is 2.29. The normalized spacial score (nSPS) is 14.8. The van der Waals surface area contributed by atoms with Crippen LogP contribution in [0.15, 0.2) is 30.3 Å². The molecule has 3 atom stereocenters. The van der Waals surface area contributed by atoms with E-state index in [1.54, 1.807) is 6.92 Å². The van der Waals surface area contributed by atoms with Gasteiger partial charge in [0, 0.05) is 12.6 Å². The summed E-state index contributed by atoms with van der Waals surface area (Å²) in [6.07, 6.45) is -1.57. The molecule has 0 fully saturated rings. The fraction of sp³-hybridized carbons (Fsp3) is 0.500. The van der Waals surface area contributed by atoms with Crippen molar-refractivity contribution in [2.75, 3.05) is 6.54 Å². The zero-order valence-electron chi connectivity index (χ0n) is 11.8. The van der Waals surface area contributed by atoms with Crippen LogP contribution in [0.1, 0.15) is 25.3 Å². The quantitative estimate of drug-likeness (QED) is 0.320. The van der Waals surface area contributed by atoms with E-state index >= 15 is 0 Å². The Hall–Kier alpha value is -1.54. The van der Waals surface area contributed by atoms with Crippen molar-refractivity contribution >= 4 is 0 Å². The van der Waals surface area contributed by atoms with Gasteiger partial charge < -0.3 is 20.6 Å². The van der Waals surface area contributed by atoms with E-state index in [-0.39, 0.29) is 0 Å². The highest BCUT2D eigenvalue weighted by atomic mass is 16.4. The lowest BCUT2D eigenvalue weighted by Gasteiger charge is -2.22. The van der Waals surface area contributed by atoms with Gasteiger partial charge in [0.15, 0.2) is 0 Å². The number of rotatable bonds is 8. The van der Waals surface area contributed by atoms with Gasteiger partial charge >= 0.3 is 0 Å². The Bertz CT molecular complexity index is 424. The summed E-state index contributed by atoms with van der Waals surface area (Å²) in [6, 6.07) is 12.4. The minimum atomic E-state index is -1.13. The average Bonchev–Trinajstić information content (AvgIpc) is 2.49. The summed E-state index contributed by atoms with van der Waals surface area (Å²) in [7, 11) is 0. The van der Waals surface area contributed by atoms with E-state index in [0.29, 0.717) is 25.8 Å². The first-order valence-corrected chi connectivity index (χ1v) is 6.88. The van der Waals surface area contributed by atoms with Gasteiger partial charge in [0.05, 0.1) is 12.2 Å². The highest BCUT2D eigenvalue weighted by Gasteiger charge is 2.23. The highest BCUT2D eigenvalue weighted by molar-refractivity contribution is 5.14. The van der Waals surface area contributed by atoms with Gasteiger partial charge in [-0.3, -0.25) is 0 Å². The van der Waals surface area contributed by atoms with E-state index in [9.17, 15) is 15.3 Å². The fourth-order valence-electron chi connectivity index (χ4n) is 1.93. The first-order valence-electron chi connectivity index (χ1n) is 6.88. The third-order valence-corrected chi connectivity index (χ3v) is 3.14. The summed E-state index contributed by atoms with van der Waals surface area (Å²) in [6.45, 7) is 2.19. The minimum absolute atomic E-state index is 0.345. The maximum Gasteiger partial charge on any atom is 0.106 e. The van der Waals surface area contributed by atoms with Crippen LogP contribution in [0.2, 0.25) is 0 Å². The molecule has 0 saturated carbocycles. The number of benzene rings is 1. The topological polar surface area (TPSA) is 72.7 Å². The SMILES string of the molecule is CC#CNCCC(O)C(O)C(O)CCc1ccccc1. The molecule has 20 heavy (non-hydrogen) atoms. The second-order valence-corrected chi connectivity index (χ2v) is 4.74. The second kappa shape index (κ2) is 9.38. The Labute approximate surface area is 120 Å². The maximum atomic E-state index is 9.89. The van der Waals surface area contributed by atoms with Crippen molar-refractivity contribution in [3.05, 3.63) is 35.9 Å². The van der Waals surface area contributed by atoms with Gasteiger partial charge in [0.25, 0.3) is 0 Å². The largest absolute Gasteiger partial charge is 0.390 e. The third kappa shape index (κ3) is 6.07. The van der Waals surface area contributed by atoms with Crippen molar-refractivity contribution in [2.24, 2.45) is 0 Å². The number of aliphatic hydroxyl groups excluding tert-OH is 3. The number of hydrogen-bond acceptors (Lipinski definition) is 4. The van der Waals surface area contributed by atoms with Gasteiger partial charge in [-0.25, -0.2) is 0 Å². The number of aryl methyl sites for hydroxylation is 1. The Kier molecular flexibility index (Phi) is 7.74. The molecule has 0 aliphatic carbocycles. The van der Waals surface area contributed by atoms with Crippen LogP contribution in [0.4, 0.5) is 0 Å². The first kappa shape index (κ1) is 16.5. The van der Waals surface area contributed by atoms with E-state index in [1.807, 2.05) is 30.3 Å². The third-order valence-electron chi connectivity index (χ3n) is 3.14. The summed E-state index contributed by atoms with van der Waals surface area (Å²) in [5, 5.41) is 32.3. The van der Waals surface area contributed by atoms with Gasteiger partial charge in [0.1, 0.15) is 6.10 Å². The van der Waals surface area contributed by atoms with E-state index in [0.717, 1.165) is 5.56 Å². The lowest BCUT2D eigenvalue weighted by Crippen LogP contribution is -2.39. The monoisotopic (exact) mass is 277 g/mol. The minimum Gasteiger partial charge on any atom is -0.390 e. The molecule has 4 N–H and O–H groups in total. The van der Waals surface area contributed by atoms with Gasteiger partial charge in [-0.15, -0.1) is 0 Å². The van der Waals surface area contributed by atoms with Gasteiger partial charge in [0.2, 0.25) is 0 Å². The first-order chi connectivity index (χ1) is 9.65. The number of aliphatic hydroxyl groups is 3. The van der Waals surface area contributed by atoms with Crippen LogP contribution in [0.25, 0.3) is 0 Å². The van der Waals surface area contributed by atoms with Crippen molar-refractivity contribution in [3.63, 3.8) is 0 Å². The molecule has 0 amide bonds. The van der Waals surface area contributed by atoms with Crippen LogP contribution in [-0.4, -0.2) is 40.2 Å². The molecule has 0 aromatic heterocycles. The number of hydrogen-bond donors (Lipinski definition) is 4. The smallest absolute Gasteiger partial charge is 0.106 e. The van der Waals surface area contributed by atoms with E-state index in [1.165, 1.54) is 0 Å². The lowest BCUT2D eigenvalue weighted by atomic mass is 9.99. The van der Waals surface area contributed by atoms with Crippen molar-refractivity contribution in [1.29, 1.82) is 0 Å². The van der Waals surface area contributed by atoms with Crippen molar-refractivity contribution in [2.45, 2.75) is 44.5 Å². The fourth-order valence-corrected chi connectivity index (χ4v) is 1.93. The molecule has 3 unspecified atom stereocenters. The molecule has 4 nitrogen and oxygen atoms in total. The summed E-state index contributed by atoms with van der Waals surface area (Å²) in [5.41, 5.74) is 1.10. The standard InChI is InChI=1S/C16H23NO3/c1-2-11-17-12-10-15(19)16(20)14(18)9-8-13-6-4-3-5-7-13/h3-7,14-20H,8-10,12H2,1H3. The van der Waals surface area contributed by atoms with E-state index in [4.69, 9.17) is 0 Å². The van der Waals surface area contributed by atoms with Gasteiger partial charge in [-0.1, -0.05) is 36.3 Å². The summed E-state index contributed by atoms with van der Waals surface area (Å²) in [5.74, 6) is 2.68.